The zero-order valence-corrected chi connectivity index (χ0v) is 8.21. The van der Waals surface area contributed by atoms with Gasteiger partial charge in [0, 0.05) is 18.1 Å². The van der Waals surface area contributed by atoms with Gasteiger partial charge in [-0.3, -0.25) is 4.90 Å². The van der Waals surface area contributed by atoms with Crippen LogP contribution in [0.1, 0.15) is 39.5 Å². The molecule has 0 spiro atoms. The van der Waals surface area contributed by atoms with Gasteiger partial charge in [0.05, 0.1) is 0 Å². The first kappa shape index (κ1) is 7.37. The molecule has 3 rings (SSSR count). The minimum Gasteiger partial charge on any atom is -0.294 e. The molecule has 0 aromatic rings. The zero-order chi connectivity index (χ0) is 8.34. The number of hydrogen-bond acceptors (Lipinski definition) is 1. The van der Waals surface area contributed by atoms with Gasteiger partial charge in [-0.05, 0) is 44.4 Å². The Morgan fingerprint density at radius 1 is 1.42 bits per heavy atom. The van der Waals surface area contributed by atoms with E-state index in [9.17, 15) is 0 Å². The molecule has 0 aromatic carbocycles. The van der Waals surface area contributed by atoms with E-state index in [2.05, 4.69) is 18.7 Å². The van der Waals surface area contributed by atoms with E-state index in [0.717, 1.165) is 17.9 Å². The summed E-state index contributed by atoms with van der Waals surface area (Å²) in [5.74, 6) is 2.04. The summed E-state index contributed by atoms with van der Waals surface area (Å²) >= 11 is 0. The molecule has 0 radical (unpaired) electrons. The second kappa shape index (κ2) is 2.06. The normalized spacial score (nSPS) is 58.0. The number of hydrogen-bond donors (Lipinski definition) is 0. The average molecular weight is 165 g/mol. The fourth-order valence-corrected chi connectivity index (χ4v) is 4.01. The Hall–Kier alpha value is -0.0400. The van der Waals surface area contributed by atoms with Crippen molar-refractivity contribution >= 4 is 0 Å². The minimum atomic E-state index is 0.625. The standard InChI is InChI=1S/C11H19N/c1-8-5-10-9-3-4-11(2,6-9)12(10)7-8/h8-10H,3-7H2,1-2H3. The van der Waals surface area contributed by atoms with Crippen molar-refractivity contribution in [2.24, 2.45) is 11.8 Å². The molecule has 1 nitrogen and oxygen atoms in total. The molecule has 68 valence electrons. The molecule has 4 unspecified atom stereocenters. The predicted octanol–water partition coefficient (Wildman–Crippen LogP) is 2.27. The van der Waals surface area contributed by atoms with Crippen LogP contribution in [0.25, 0.3) is 0 Å². The summed E-state index contributed by atoms with van der Waals surface area (Å²) in [6.07, 6.45) is 5.98. The highest BCUT2D eigenvalue weighted by Crippen LogP contribution is 2.54. The van der Waals surface area contributed by atoms with Crippen LogP contribution in [0.5, 0.6) is 0 Å². The van der Waals surface area contributed by atoms with E-state index in [-0.39, 0.29) is 0 Å². The highest BCUT2D eigenvalue weighted by atomic mass is 15.3. The lowest BCUT2D eigenvalue weighted by molar-refractivity contribution is 0.113. The summed E-state index contributed by atoms with van der Waals surface area (Å²) in [5, 5.41) is 0. The fourth-order valence-electron chi connectivity index (χ4n) is 4.01. The lowest BCUT2D eigenvalue weighted by Crippen LogP contribution is -2.44. The Morgan fingerprint density at radius 3 is 3.00 bits per heavy atom. The molecule has 1 heteroatoms. The Morgan fingerprint density at radius 2 is 2.25 bits per heavy atom. The van der Waals surface area contributed by atoms with Crippen LogP contribution in [0.15, 0.2) is 0 Å². The molecule has 0 amide bonds. The van der Waals surface area contributed by atoms with Crippen molar-refractivity contribution in [3.63, 3.8) is 0 Å². The molecule has 2 bridgehead atoms. The van der Waals surface area contributed by atoms with Crippen molar-refractivity contribution < 1.29 is 0 Å². The Labute approximate surface area is 75.1 Å². The van der Waals surface area contributed by atoms with E-state index < -0.39 is 0 Å². The van der Waals surface area contributed by atoms with Crippen LogP contribution in [0.3, 0.4) is 0 Å². The third kappa shape index (κ3) is 0.736. The van der Waals surface area contributed by atoms with E-state index in [0.29, 0.717) is 5.54 Å². The number of nitrogens with zero attached hydrogens (tertiary/aromatic N) is 1. The molecule has 1 aliphatic carbocycles. The molecule has 2 heterocycles. The molecular weight excluding hydrogens is 146 g/mol. The summed E-state index contributed by atoms with van der Waals surface area (Å²) in [4.78, 5) is 2.83. The lowest BCUT2D eigenvalue weighted by atomic mass is 9.95. The van der Waals surface area contributed by atoms with Crippen molar-refractivity contribution in [2.75, 3.05) is 6.54 Å². The van der Waals surface area contributed by atoms with Crippen molar-refractivity contribution in [1.29, 1.82) is 0 Å². The zero-order valence-electron chi connectivity index (χ0n) is 8.21. The molecule has 1 saturated carbocycles. The fraction of sp³-hybridized carbons (Fsp3) is 1.00. The molecule has 2 aliphatic heterocycles. The highest BCUT2D eigenvalue weighted by Gasteiger charge is 2.55. The Balaban J connectivity index is 1.93. The number of piperidine rings is 1. The Bertz CT molecular complexity index is 213. The van der Waals surface area contributed by atoms with Crippen molar-refractivity contribution in [1.82, 2.24) is 4.90 Å². The molecule has 2 saturated heterocycles. The molecule has 0 N–H and O–H groups in total. The van der Waals surface area contributed by atoms with Gasteiger partial charge < -0.3 is 0 Å². The predicted molar refractivity (Wildman–Crippen MR) is 50.0 cm³/mol. The second-order valence-corrected chi connectivity index (χ2v) is 5.56. The molecule has 3 aliphatic rings. The maximum absolute atomic E-state index is 2.83. The summed E-state index contributed by atoms with van der Waals surface area (Å²) in [7, 11) is 0. The summed E-state index contributed by atoms with van der Waals surface area (Å²) in [6, 6.07) is 0.985. The monoisotopic (exact) mass is 165 g/mol. The lowest BCUT2D eigenvalue weighted by Gasteiger charge is -2.36. The van der Waals surface area contributed by atoms with E-state index in [1.165, 1.54) is 32.2 Å². The summed E-state index contributed by atoms with van der Waals surface area (Å²) < 4.78 is 0. The SMILES string of the molecule is CC1CC2C3CCC(C)(C3)N2C1. The van der Waals surface area contributed by atoms with Gasteiger partial charge in [0.25, 0.3) is 0 Å². The molecule has 3 fully saturated rings. The van der Waals surface area contributed by atoms with Crippen LogP contribution in [0, 0.1) is 11.8 Å². The van der Waals surface area contributed by atoms with Gasteiger partial charge in [0.15, 0.2) is 0 Å². The van der Waals surface area contributed by atoms with Gasteiger partial charge in [-0.2, -0.15) is 0 Å². The van der Waals surface area contributed by atoms with Crippen molar-refractivity contribution in [3.05, 3.63) is 0 Å². The van der Waals surface area contributed by atoms with Gasteiger partial charge in [0.2, 0.25) is 0 Å². The van der Waals surface area contributed by atoms with Crippen LogP contribution < -0.4 is 0 Å². The second-order valence-electron chi connectivity index (χ2n) is 5.56. The summed E-state index contributed by atoms with van der Waals surface area (Å²) in [5.41, 5.74) is 0.625. The summed E-state index contributed by atoms with van der Waals surface area (Å²) in [6.45, 7) is 6.30. The molecule has 4 atom stereocenters. The first-order valence-electron chi connectivity index (χ1n) is 5.46. The van der Waals surface area contributed by atoms with Crippen LogP contribution in [-0.2, 0) is 0 Å². The first-order valence-corrected chi connectivity index (χ1v) is 5.46. The third-order valence-corrected chi connectivity index (χ3v) is 4.55. The van der Waals surface area contributed by atoms with Gasteiger partial charge in [-0.15, -0.1) is 0 Å². The molecular formula is C11H19N. The number of fused-ring (bicyclic) bond motifs is 5. The van der Waals surface area contributed by atoms with Crippen molar-refractivity contribution in [2.45, 2.75) is 51.1 Å². The topological polar surface area (TPSA) is 3.24 Å². The van der Waals surface area contributed by atoms with Gasteiger partial charge in [0.1, 0.15) is 0 Å². The van der Waals surface area contributed by atoms with Crippen molar-refractivity contribution in [3.8, 4) is 0 Å². The van der Waals surface area contributed by atoms with Crippen LogP contribution in [0.2, 0.25) is 0 Å². The van der Waals surface area contributed by atoms with E-state index in [4.69, 9.17) is 0 Å². The van der Waals surface area contributed by atoms with Gasteiger partial charge >= 0.3 is 0 Å². The average Bonchev–Trinajstić information content (AvgIpc) is 2.57. The maximum atomic E-state index is 2.83. The van der Waals surface area contributed by atoms with E-state index >= 15 is 0 Å². The van der Waals surface area contributed by atoms with Crippen LogP contribution in [-0.4, -0.2) is 23.0 Å². The van der Waals surface area contributed by atoms with E-state index in [1.807, 2.05) is 0 Å². The maximum Gasteiger partial charge on any atom is 0.0187 e. The van der Waals surface area contributed by atoms with Gasteiger partial charge in [-0.25, -0.2) is 0 Å². The first-order chi connectivity index (χ1) is 5.69. The number of rotatable bonds is 0. The molecule has 0 aromatic heterocycles. The highest BCUT2D eigenvalue weighted by molar-refractivity contribution is 5.10. The third-order valence-electron chi connectivity index (χ3n) is 4.55. The molecule has 12 heavy (non-hydrogen) atoms. The minimum absolute atomic E-state index is 0.625. The smallest absolute Gasteiger partial charge is 0.0187 e. The van der Waals surface area contributed by atoms with Crippen LogP contribution in [0.4, 0.5) is 0 Å². The van der Waals surface area contributed by atoms with Gasteiger partial charge in [-0.1, -0.05) is 6.92 Å². The Kier molecular flexibility index (Phi) is 1.27. The largest absolute Gasteiger partial charge is 0.294 e. The van der Waals surface area contributed by atoms with Crippen LogP contribution >= 0.6 is 0 Å². The quantitative estimate of drug-likeness (QED) is 0.532. The van der Waals surface area contributed by atoms with E-state index in [1.54, 1.807) is 0 Å².